The molecule has 0 aliphatic heterocycles. The second kappa shape index (κ2) is 10.6. The summed E-state index contributed by atoms with van der Waals surface area (Å²) < 4.78 is 75.4. The second-order valence-electron chi connectivity index (χ2n) is 6.36. The fourth-order valence-corrected chi connectivity index (χ4v) is 3.37. The quantitative estimate of drug-likeness (QED) is 0.170. The van der Waals surface area contributed by atoms with Gasteiger partial charge in [-0.1, -0.05) is 11.6 Å². The first-order chi connectivity index (χ1) is 13.9. The van der Waals surface area contributed by atoms with Crippen molar-refractivity contribution < 1.29 is 44.8 Å². The van der Waals surface area contributed by atoms with Gasteiger partial charge in [-0.25, -0.2) is 9.59 Å². The molecule has 0 unspecified atom stereocenters. The Morgan fingerprint density at radius 1 is 1.13 bits per heavy atom. The molecule has 0 fully saturated rings. The van der Waals surface area contributed by atoms with E-state index in [-0.39, 0.29) is 26.1 Å². The fourth-order valence-electron chi connectivity index (χ4n) is 2.80. The van der Waals surface area contributed by atoms with E-state index in [2.05, 4.69) is 4.18 Å². The van der Waals surface area contributed by atoms with Crippen LogP contribution in [0.5, 0.6) is 0 Å². The Kier molecular flexibility index (Phi) is 9.13. The third-order valence-corrected chi connectivity index (χ3v) is 5.29. The molecule has 0 aromatic carbocycles. The van der Waals surface area contributed by atoms with Crippen LogP contribution in [0.15, 0.2) is 34.1 Å². The maximum atomic E-state index is 12.8. The number of allylic oxidation sites excluding steroid dienone is 4. The molecule has 0 atom stereocenters. The standard InChI is InChI=1S/C19H25F3O7S/c1-5-27-17(23)13(4)16(29-30(25,26)19(20,21)22)11-10-14-12(3)8-7-9-15(14)18(24)28-6-2/h8H,5-7,9-11H2,1-4H3/b16-13-. The van der Waals surface area contributed by atoms with Gasteiger partial charge in [0.1, 0.15) is 5.76 Å². The molecule has 0 aromatic heterocycles. The zero-order chi connectivity index (χ0) is 23.1. The van der Waals surface area contributed by atoms with Gasteiger partial charge in [0.2, 0.25) is 0 Å². The highest BCUT2D eigenvalue weighted by Gasteiger charge is 2.49. The van der Waals surface area contributed by atoms with E-state index in [9.17, 15) is 31.2 Å². The molecule has 0 aromatic rings. The molecular formula is C19H25F3O7S. The van der Waals surface area contributed by atoms with Crippen molar-refractivity contribution in [2.45, 2.75) is 58.9 Å². The summed E-state index contributed by atoms with van der Waals surface area (Å²) in [5.74, 6) is -2.24. The van der Waals surface area contributed by atoms with E-state index in [1.165, 1.54) is 6.92 Å². The minimum atomic E-state index is -5.98. The van der Waals surface area contributed by atoms with Gasteiger partial charge in [0.05, 0.1) is 18.8 Å². The van der Waals surface area contributed by atoms with Gasteiger partial charge in [-0.3, -0.25) is 0 Å². The van der Waals surface area contributed by atoms with Gasteiger partial charge in [-0.15, -0.1) is 0 Å². The van der Waals surface area contributed by atoms with Gasteiger partial charge < -0.3 is 13.7 Å². The van der Waals surface area contributed by atoms with E-state index < -0.39 is 38.9 Å². The molecule has 0 saturated heterocycles. The third-order valence-electron chi connectivity index (χ3n) is 4.30. The molecule has 0 radical (unpaired) electrons. The SMILES string of the molecule is CCOC(=O)C1=C(CC/C(OS(=O)(=O)C(F)(F)F)=C(\C)C(=O)OCC)C(C)=CCC1. The van der Waals surface area contributed by atoms with E-state index >= 15 is 0 Å². The summed E-state index contributed by atoms with van der Waals surface area (Å²) in [6.45, 7) is 6.06. The van der Waals surface area contributed by atoms with Crippen molar-refractivity contribution in [3.63, 3.8) is 0 Å². The van der Waals surface area contributed by atoms with Crippen LogP contribution in [0.1, 0.15) is 53.4 Å². The Bertz CT molecular complexity index is 865. The number of carbonyl (C=O) groups is 2. The zero-order valence-electron chi connectivity index (χ0n) is 17.2. The molecule has 1 aliphatic rings. The Balaban J connectivity index is 3.30. The molecule has 0 amide bonds. The number of alkyl halides is 3. The molecule has 170 valence electrons. The smallest absolute Gasteiger partial charge is 0.463 e. The van der Waals surface area contributed by atoms with Crippen LogP contribution < -0.4 is 0 Å². The van der Waals surface area contributed by atoms with E-state index in [1.54, 1.807) is 13.8 Å². The first-order valence-electron chi connectivity index (χ1n) is 9.29. The molecule has 0 spiro atoms. The Morgan fingerprint density at radius 3 is 2.27 bits per heavy atom. The molecule has 30 heavy (non-hydrogen) atoms. The number of carbonyl (C=O) groups excluding carboxylic acids is 2. The summed E-state index contributed by atoms with van der Waals surface area (Å²) in [4.78, 5) is 24.2. The van der Waals surface area contributed by atoms with Crippen LogP contribution >= 0.6 is 0 Å². The molecule has 1 aliphatic carbocycles. The largest absolute Gasteiger partial charge is 0.534 e. The van der Waals surface area contributed by atoms with Crippen LogP contribution in [0.4, 0.5) is 13.2 Å². The van der Waals surface area contributed by atoms with Crippen LogP contribution in [0.3, 0.4) is 0 Å². The topological polar surface area (TPSA) is 96.0 Å². The monoisotopic (exact) mass is 454 g/mol. The van der Waals surface area contributed by atoms with Crippen LogP contribution in [-0.2, 0) is 33.4 Å². The van der Waals surface area contributed by atoms with Crippen LogP contribution in [-0.4, -0.2) is 39.1 Å². The molecule has 0 saturated carbocycles. The molecular weight excluding hydrogens is 429 g/mol. The average molecular weight is 454 g/mol. The van der Waals surface area contributed by atoms with Crippen molar-refractivity contribution in [1.29, 1.82) is 0 Å². The average Bonchev–Trinajstić information content (AvgIpc) is 2.64. The normalized spacial score (nSPS) is 15.9. The van der Waals surface area contributed by atoms with E-state index in [4.69, 9.17) is 9.47 Å². The summed E-state index contributed by atoms with van der Waals surface area (Å²) >= 11 is 0. The van der Waals surface area contributed by atoms with Crippen LogP contribution in [0, 0.1) is 0 Å². The lowest BCUT2D eigenvalue weighted by Gasteiger charge is -2.20. The summed E-state index contributed by atoms with van der Waals surface area (Å²) in [7, 11) is -5.98. The minimum Gasteiger partial charge on any atom is -0.463 e. The van der Waals surface area contributed by atoms with Gasteiger partial charge in [-0.05, 0) is 52.5 Å². The third kappa shape index (κ3) is 6.61. The van der Waals surface area contributed by atoms with Gasteiger partial charge in [-0.2, -0.15) is 21.6 Å². The Hall–Kier alpha value is -2.30. The van der Waals surface area contributed by atoms with Crippen molar-refractivity contribution in [2.75, 3.05) is 13.2 Å². The summed E-state index contributed by atoms with van der Waals surface area (Å²) in [6, 6.07) is 0. The molecule has 0 N–H and O–H groups in total. The van der Waals surface area contributed by atoms with Crippen LogP contribution in [0.2, 0.25) is 0 Å². The number of ether oxygens (including phenoxy) is 2. The summed E-state index contributed by atoms with van der Waals surface area (Å²) in [5, 5.41) is 0. The zero-order valence-corrected chi connectivity index (χ0v) is 18.0. The number of hydrogen-bond acceptors (Lipinski definition) is 7. The van der Waals surface area contributed by atoms with E-state index in [0.29, 0.717) is 24.0 Å². The molecule has 1 rings (SSSR count). The highest BCUT2D eigenvalue weighted by atomic mass is 32.2. The van der Waals surface area contributed by atoms with Gasteiger partial charge in [0, 0.05) is 12.0 Å². The highest BCUT2D eigenvalue weighted by Crippen LogP contribution is 2.33. The first-order valence-corrected chi connectivity index (χ1v) is 10.7. The molecule has 11 heteroatoms. The summed E-state index contributed by atoms with van der Waals surface area (Å²) in [6.07, 6.45) is 2.42. The Labute approximate surface area is 173 Å². The second-order valence-corrected chi connectivity index (χ2v) is 7.89. The lowest BCUT2D eigenvalue weighted by atomic mass is 9.88. The maximum Gasteiger partial charge on any atom is 0.534 e. The molecule has 0 heterocycles. The minimum absolute atomic E-state index is 0.0318. The van der Waals surface area contributed by atoms with Crippen molar-refractivity contribution in [2.24, 2.45) is 0 Å². The van der Waals surface area contributed by atoms with E-state index in [1.807, 2.05) is 6.08 Å². The number of esters is 2. The number of halogens is 3. The predicted molar refractivity (Wildman–Crippen MR) is 101 cm³/mol. The maximum absolute atomic E-state index is 12.8. The lowest BCUT2D eigenvalue weighted by Crippen LogP contribution is -2.26. The van der Waals surface area contributed by atoms with Gasteiger partial charge in [0.25, 0.3) is 0 Å². The summed E-state index contributed by atoms with van der Waals surface area (Å²) in [5.41, 5.74) is -4.47. The van der Waals surface area contributed by atoms with Crippen molar-refractivity contribution in [1.82, 2.24) is 0 Å². The van der Waals surface area contributed by atoms with Crippen molar-refractivity contribution in [3.05, 3.63) is 34.1 Å². The number of rotatable bonds is 9. The van der Waals surface area contributed by atoms with E-state index in [0.717, 1.165) is 12.5 Å². The van der Waals surface area contributed by atoms with Gasteiger partial charge >= 0.3 is 27.6 Å². The van der Waals surface area contributed by atoms with Crippen LogP contribution in [0.25, 0.3) is 0 Å². The van der Waals surface area contributed by atoms with Crippen molar-refractivity contribution in [3.8, 4) is 0 Å². The highest BCUT2D eigenvalue weighted by molar-refractivity contribution is 7.87. The molecule has 7 nitrogen and oxygen atoms in total. The van der Waals surface area contributed by atoms with Crippen molar-refractivity contribution >= 4 is 22.1 Å². The van der Waals surface area contributed by atoms with Gasteiger partial charge in [0.15, 0.2) is 0 Å². The Morgan fingerprint density at radius 2 is 1.73 bits per heavy atom. The molecule has 0 bridgehead atoms. The number of hydrogen-bond donors (Lipinski definition) is 0. The fraction of sp³-hybridized carbons (Fsp3) is 0.579. The lowest BCUT2D eigenvalue weighted by molar-refractivity contribution is -0.139. The predicted octanol–water partition coefficient (Wildman–Crippen LogP) is 4.07. The first kappa shape index (κ1) is 25.7.